The summed E-state index contributed by atoms with van der Waals surface area (Å²) in [7, 11) is 0. The second-order valence-corrected chi connectivity index (χ2v) is 6.64. The first-order valence-electron chi connectivity index (χ1n) is 6.16. The summed E-state index contributed by atoms with van der Waals surface area (Å²) < 4.78 is 1.16. The highest BCUT2D eigenvalue weighted by molar-refractivity contribution is 7.99. The first-order valence-corrected chi connectivity index (χ1v) is 8.13. The SMILES string of the molecule is O=C(O)CC1CSCCN1c1nc2ccccc2s1. The van der Waals surface area contributed by atoms with Crippen molar-refractivity contribution >= 4 is 44.4 Å². The van der Waals surface area contributed by atoms with Crippen molar-refractivity contribution in [1.29, 1.82) is 0 Å². The predicted molar refractivity (Wildman–Crippen MR) is 80.3 cm³/mol. The van der Waals surface area contributed by atoms with Gasteiger partial charge >= 0.3 is 5.97 Å². The lowest BCUT2D eigenvalue weighted by Crippen LogP contribution is -2.43. The minimum atomic E-state index is -0.737. The number of benzene rings is 1. The lowest BCUT2D eigenvalue weighted by molar-refractivity contribution is -0.137. The van der Waals surface area contributed by atoms with Crippen LogP contribution in [0.3, 0.4) is 0 Å². The molecule has 0 saturated carbocycles. The molecule has 0 amide bonds. The fourth-order valence-corrected chi connectivity index (χ4v) is 4.39. The van der Waals surface area contributed by atoms with Crippen molar-refractivity contribution in [3.8, 4) is 0 Å². The first kappa shape index (κ1) is 12.7. The Bertz CT molecular complexity index is 566. The maximum Gasteiger partial charge on any atom is 0.305 e. The third-order valence-electron chi connectivity index (χ3n) is 3.17. The van der Waals surface area contributed by atoms with Gasteiger partial charge in [0.25, 0.3) is 0 Å². The molecule has 0 spiro atoms. The molecule has 1 fully saturated rings. The maximum atomic E-state index is 11.0. The van der Waals surface area contributed by atoms with Crippen molar-refractivity contribution in [1.82, 2.24) is 4.98 Å². The highest BCUT2D eigenvalue weighted by atomic mass is 32.2. The molecule has 0 radical (unpaired) electrons. The molecule has 1 aromatic heterocycles. The summed E-state index contributed by atoms with van der Waals surface area (Å²) in [5, 5.41) is 9.97. The maximum absolute atomic E-state index is 11.0. The molecular weight excluding hydrogens is 280 g/mol. The predicted octanol–water partition coefficient (Wildman–Crippen LogP) is 2.69. The van der Waals surface area contributed by atoms with Gasteiger partial charge in [-0.05, 0) is 12.1 Å². The van der Waals surface area contributed by atoms with Crippen LogP contribution in [-0.2, 0) is 4.79 Å². The standard InChI is InChI=1S/C13H14N2O2S2/c16-12(17)7-9-8-18-6-5-15(9)13-14-10-3-1-2-4-11(10)19-13/h1-4,9H,5-8H2,(H,16,17). The Morgan fingerprint density at radius 3 is 3.11 bits per heavy atom. The van der Waals surface area contributed by atoms with Gasteiger partial charge in [-0.2, -0.15) is 11.8 Å². The molecule has 1 saturated heterocycles. The van der Waals surface area contributed by atoms with Gasteiger partial charge in [-0.25, -0.2) is 4.98 Å². The van der Waals surface area contributed by atoms with E-state index in [1.54, 1.807) is 11.3 Å². The van der Waals surface area contributed by atoms with Crippen molar-refractivity contribution in [3.63, 3.8) is 0 Å². The number of aliphatic carboxylic acids is 1. The van der Waals surface area contributed by atoms with E-state index in [0.29, 0.717) is 0 Å². The number of para-hydroxylation sites is 1. The van der Waals surface area contributed by atoms with Gasteiger partial charge in [-0.3, -0.25) is 4.79 Å². The number of thiazole rings is 1. The zero-order chi connectivity index (χ0) is 13.2. The molecule has 4 nitrogen and oxygen atoms in total. The Morgan fingerprint density at radius 2 is 2.32 bits per heavy atom. The average molecular weight is 294 g/mol. The Labute approximate surface area is 119 Å². The molecule has 3 rings (SSSR count). The zero-order valence-corrected chi connectivity index (χ0v) is 11.9. The summed E-state index contributed by atoms with van der Waals surface area (Å²) in [6, 6.07) is 8.09. The summed E-state index contributed by atoms with van der Waals surface area (Å²) in [6.07, 6.45) is 0.183. The van der Waals surface area contributed by atoms with Crippen LogP contribution in [0.5, 0.6) is 0 Å². The van der Waals surface area contributed by atoms with Crippen LogP contribution in [0.4, 0.5) is 5.13 Å². The second kappa shape index (κ2) is 5.38. The van der Waals surface area contributed by atoms with E-state index in [2.05, 4.69) is 16.0 Å². The minimum absolute atomic E-state index is 0.0526. The molecule has 2 heterocycles. The Hall–Kier alpha value is -1.27. The van der Waals surface area contributed by atoms with Crippen molar-refractivity contribution in [2.75, 3.05) is 23.0 Å². The van der Waals surface area contributed by atoms with Gasteiger partial charge in [0.15, 0.2) is 5.13 Å². The first-order chi connectivity index (χ1) is 9.24. The van der Waals surface area contributed by atoms with Crippen molar-refractivity contribution in [2.24, 2.45) is 0 Å². The minimum Gasteiger partial charge on any atom is -0.481 e. The normalized spacial score (nSPS) is 19.8. The van der Waals surface area contributed by atoms with E-state index in [0.717, 1.165) is 33.4 Å². The fraction of sp³-hybridized carbons (Fsp3) is 0.385. The summed E-state index contributed by atoms with van der Waals surface area (Å²) in [4.78, 5) is 17.8. The number of nitrogens with zero attached hydrogens (tertiary/aromatic N) is 2. The summed E-state index contributed by atoms with van der Waals surface area (Å²) in [5.41, 5.74) is 0.995. The average Bonchev–Trinajstić information content (AvgIpc) is 2.82. The molecule has 1 aromatic carbocycles. The summed E-state index contributed by atoms with van der Waals surface area (Å²) in [6.45, 7) is 0.877. The molecule has 100 valence electrons. The molecule has 1 N–H and O–H groups in total. The smallest absolute Gasteiger partial charge is 0.305 e. The number of aromatic nitrogens is 1. The second-order valence-electron chi connectivity index (χ2n) is 4.48. The van der Waals surface area contributed by atoms with E-state index < -0.39 is 5.97 Å². The summed E-state index contributed by atoms with van der Waals surface area (Å²) >= 11 is 3.47. The molecule has 1 aliphatic rings. The number of carboxylic acids is 1. The molecule has 0 aliphatic carbocycles. The van der Waals surface area contributed by atoms with Gasteiger partial charge in [0, 0.05) is 18.1 Å². The van der Waals surface area contributed by atoms with Crippen LogP contribution in [0.25, 0.3) is 10.2 Å². The lowest BCUT2D eigenvalue weighted by Gasteiger charge is -2.34. The molecule has 2 aromatic rings. The molecule has 1 unspecified atom stereocenters. The quantitative estimate of drug-likeness (QED) is 0.943. The van der Waals surface area contributed by atoms with Crippen LogP contribution in [-0.4, -0.2) is 40.2 Å². The molecule has 1 atom stereocenters. The van der Waals surface area contributed by atoms with Gasteiger partial charge in [-0.1, -0.05) is 23.5 Å². The van der Waals surface area contributed by atoms with E-state index in [9.17, 15) is 4.79 Å². The molecule has 6 heteroatoms. The van der Waals surface area contributed by atoms with Gasteiger partial charge < -0.3 is 10.0 Å². The topological polar surface area (TPSA) is 53.4 Å². The number of fused-ring (bicyclic) bond motifs is 1. The lowest BCUT2D eigenvalue weighted by atomic mass is 10.2. The van der Waals surface area contributed by atoms with Gasteiger partial charge in [0.05, 0.1) is 22.7 Å². The van der Waals surface area contributed by atoms with Gasteiger partial charge in [0.2, 0.25) is 0 Å². The van der Waals surface area contributed by atoms with Crippen LogP contribution < -0.4 is 4.90 Å². The van der Waals surface area contributed by atoms with Crippen molar-refractivity contribution in [3.05, 3.63) is 24.3 Å². The number of carboxylic acid groups (broad SMARTS) is 1. The number of thioether (sulfide) groups is 1. The Kier molecular flexibility index (Phi) is 3.61. The third-order valence-corrected chi connectivity index (χ3v) is 5.33. The van der Waals surface area contributed by atoms with E-state index in [1.165, 1.54) is 0 Å². The van der Waals surface area contributed by atoms with Crippen molar-refractivity contribution < 1.29 is 9.90 Å². The Balaban J connectivity index is 1.91. The van der Waals surface area contributed by atoms with E-state index >= 15 is 0 Å². The monoisotopic (exact) mass is 294 g/mol. The van der Waals surface area contributed by atoms with Crippen LogP contribution in [0.2, 0.25) is 0 Å². The van der Waals surface area contributed by atoms with E-state index in [-0.39, 0.29) is 12.5 Å². The highest BCUT2D eigenvalue weighted by Gasteiger charge is 2.27. The third kappa shape index (κ3) is 2.69. The fourth-order valence-electron chi connectivity index (χ4n) is 2.26. The number of hydrogen-bond donors (Lipinski definition) is 1. The number of rotatable bonds is 3. The van der Waals surface area contributed by atoms with Gasteiger partial charge in [0.1, 0.15) is 0 Å². The highest BCUT2D eigenvalue weighted by Crippen LogP contribution is 2.32. The molecule has 0 bridgehead atoms. The zero-order valence-electron chi connectivity index (χ0n) is 10.3. The van der Waals surface area contributed by atoms with Crippen LogP contribution in [0, 0.1) is 0 Å². The van der Waals surface area contributed by atoms with Crippen LogP contribution in [0.1, 0.15) is 6.42 Å². The summed E-state index contributed by atoms with van der Waals surface area (Å²) in [5.74, 6) is 1.16. The van der Waals surface area contributed by atoms with Crippen LogP contribution >= 0.6 is 23.1 Å². The number of carbonyl (C=O) groups is 1. The number of hydrogen-bond acceptors (Lipinski definition) is 5. The molecule has 19 heavy (non-hydrogen) atoms. The molecular formula is C13H14N2O2S2. The van der Waals surface area contributed by atoms with E-state index in [1.807, 2.05) is 30.0 Å². The largest absolute Gasteiger partial charge is 0.481 e. The number of anilines is 1. The van der Waals surface area contributed by atoms with E-state index in [4.69, 9.17) is 5.11 Å². The molecule has 1 aliphatic heterocycles. The Morgan fingerprint density at radius 1 is 1.47 bits per heavy atom. The van der Waals surface area contributed by atoms with Crippen LogP contribution in [0.15, 0.2) is 24.3 Å². The van der Waals surface area contributed by atoms with Gasteiger partial charge in [-0.15, -0.1) is 0 Å². The van der Waals surface area contributed by atoms with Crippen molar-refractivity contribution in [2.45, 2.75) is 12.5 Å².